The summed E-state index contributed by atoms with van der Waals surface area (Å²) in [5, 5.41) is 29.2. The van der Waals surface area contributed by atoms with Crippen molar-refractivity contribution in [3.8, 4) is 0 Å². The molecule has 0 aromatic heterocycles. The van der Waals surface area contributed by atoms with Gasteiger partial charge in [-0.1, -0.05) is 48.5 Å². The molecule has 0 radical (unpaired) electrons. The summed E-state index contributed by atoms with van der Waals surface area (Å²) < 4.78 is 0. The number of amides is 5. The number of nitrogens with zero attached hydrogens (tertiary/aromatic N) is 1. The van der Waals surface area contributed by atoms with Crippen molar-refractivity contribution >= 4 is 41.5 Å². The van der Waals surface area contributed by atoms with Gasteiger partial charge in [0.15, 0.2) is 5.78 Å². The normalized spacial score (nSPS) is 16.0. The van der Waals surface area contributed by atoms with Crippen LogP contribution < -0.4 is 21.3 Å². The van der Waals surface area contributed by atoms with E-state index in [0.29, 0.717) is 25.9 Å². The van der Waals surface area contributed by atoms with Gasteiger partial charge < -0.3 is 36.4 Å². The van der Waals surface area contributed by atoms with Gasteiger partial charge in [0.25, 0.3) is 0 Å². The van der Waals surface area contributed by atoms with Crippen LogP contribution in [0.2, 0.25) is 0 Å². The summed E-state index contributed by atoms with van der Waals surface area (Å²) in [5.74, 6) is -6.92. The van der Waals surface area contributed by atoms with Gasteiger partial charge in [0.1, 0.15) is 12.1 Å². The molecule has 4 atom stereocenters. The highest BCUT2D eigenvalue weighted by molar-refractivity contribution is 5.97. The molecule has 0 aromatic rings. The number of urea groups is 1. The third-order valence-corrected chi connectivity index (χ3v) is 7.82. The lowest BCUT2D eigenvalue weighted by atomic mass is 9.81. The van der Waals surface area contributed by atoms with E-state index >= 15 is 0 Å². The number of ketones is 1. The maximum Gasteiger partial charge on any atom is 0.326 e. The quantitative estimate of drug-likeness (QED) is 0.129. The molecule has 0 aromatic carbocycles. The van der Waals surface area contributed by atoms with Gasteiger partial charge in [-0.05, 0) is 43.4 Å². The maximum absolute atomic E-state index is 13.7. The Morgan fingerprint density at radius 3 is 1.78 bits per heavy atom. The Morgan fingerprint density at radius 2 is 1.31 bits per heavy atom. The molecule has 0 saturated carbocycles. The second-order valence-corrected chi connectivity index (χ2v) is 13.3. The molecule has 1 fully saturated rings. The predicted molar refractivity (Wildman–Crippen MR) is 166 cm³/mol. The van der Waals surface area contributed by atoms with Crippen LogP contribution in [0.1, 0.15) is 99.8 Å². The summed E-state index contributed by atoms with van der Waals surface area (Å²) in [6.45, 7) is 13.6. The molecule has 1 aliphatic rings. The van der Waals surface area contributed by atoms with Gasteiger partial charge in [-0.3, -0.25) is 24.0 Å². The molecule has 6 N–H and O–H groups in total. The Hall–Kier alpha value is -3.71. The first-order valence-corrected chi connectivity index (χ1v) is 15.8. The molecule has 0 unspecified atom stereocenters. The SMILES string of the molecule is CCC(CC)NC(=O)N[C@H](C(=O)C[C@@H](CC(=O)N1CCCC1)C(=O)N[C@@H](CC(=O)O)C(=O)N[C@@H](CC(C)C)C(=O)O)C(C)(C)C. The Balaban J connectivity index is 3.29. The molecule has 14 heteroatoms. The van der Waals surface area contributed by atoms with Crippen molar-refractivity contribution in [2.75, 3.05) is 13.1 Å². The van der Waals surface area contributed by atoms with E-state index in [1.54, 1.807) is 39.5 Å². The number of carbonyl (C=O) groups excluding carboxylic acids is 5. The van der Waals surface area contributed by atoms with Crippen LogP contribution in [0.5, 0.6) is 0 Å². The number of hydrogen-bond acceptors (Lipinski definition) is 7. The van der Waals surface area contributed by atoms with Crippen molar-refractivity contribution in [3.63, 3.8) is 0 Å². The van der Waals surface area contributed by atoms with Gasteiger partial charge in [-0.25, -0.2) is 9.59 Å². The van der Waals surface area contributed by atoms with E-state index in [4.69, 9.17) is 0 Å². The number of carboxylic acid groups (broad SMARTS) is 2. The van der Waals surface area contributed by atoms with Crippen LogP contribution in [-0.4, -0.2) is 93.8 Å². The number of rotatable bonds is 18. The average molecular weight is 640 g/mol. The molecular formula is C31H53N5O9. The van der Waals surface area contributed by atoms with Crippen LogP contribution in [0.15, 0.2) is 0 Å². The summed E-state index contributed by atoms with van der Waals surface area (Å²) in [4.78, 5) is 91.1. The third kappa shape index (κ3) is 13.9. The third-order valence-electron chi connectivity index (χ3n) is 7.82. The number of carboxylic acids is 2. The number of nitrogens with one attached hydrogen (secondary N) is 4. The molecule has 45 heavy (non-hydrogen) atoms. The summed E-state index contributed by atoms with van der Waals surface area (Å²) in [5.41, 5.74) is -0.768. The van der Waals surface area contributed by atoms with Crippen molar-refractivity contribution in [1.29, 1.82) is 0 Å². The zero-order valence-corrected chi connectivity index (χ0v) is 27.7. The lowest BCUT2D eigenvalue weighted by molar-refractivity contribution is -0.144. The van der Waals surface area contributed by atoms with Crippen LogP contribution in [0.4, 0.5) is 4.79 Å². The van der Waals surface area contributed by atoms with Gasteiger partial charge in [-0.2, -0.15) is 0 Å². The van der Waals surface area contributed by atoms with E-state index in [1.807, 2.05) is 13.8 Å². The molecular weight excluding hydrogens is 586 g/mol. The summed E-state index contributed by atoms with van der Waals surface area (Å²) >= 11 is 0. The minimum atomic E-state index is -1.66. The fourth-order valence-corrected chi connectivity index (χ4v) is 5.19. The molecule has 5 amide bonds. The first-order valence-electron chi connectivity index (χ1n) is 15.8. The largest absolute Gasteiger partial charge is 0.481 e. The molecule has 1 heterocycles. The summed E-state index contributed by atoms with van der Waals surface area (Å²) in [6, 6.07) is -4.65. The second-order valence-electron chi connectivity index (χ2n) is 13.3. The Bertz CT molecular complexity index is 1060. The number of hydrogen-bond donors (Lipinski definition) is 6. The highest BCUT2D eigenvalue weighted by Crippen LogP contribution is 2.25. The van der Waals surface area contributed by atoms with Crippen LogP contribution in [0.25, 0.3) is 0 Å². The van der Waals surface area contributed by atoms with E-state index in [2.05, 4.69) is 21.3 Å². The van der Waals surface area contributed by atoms with Crippen LogP contribution in [-0.2, 0) is 28.8 Å². The fourth-order valence-electron chi connectivity index (χ4n) is 5.19. The van der Waals surface area contributed by atoms with Crippen molar-refractivity contribution in [1.82, 2.24) is 26.2 Å². The van der Waals surface area contributed by atoms with Gasteiger partial charge in [0.2, 0.25) is 17.7 Å². The molecule has 256 valence electrons. The van der Waals surface area contributed by atoms with E-state index in [0.717, 1.165) is 12.8 Å². The molecule has 0 spiro atoms. The molecule has 1 aliphatic heterocycles. The summed E-state index contributed by atoms with van der Waals surface area (Å²) in [6.07, 6.45) is 1.35. The second kappa shape index (κ2) is 18.3. The van der Waals surface area contributed by atoms with Crippen molar-refractivity contribution < 1.29 is 43.8 Å². The number of Topliss-reactive ketones (excluding diaryl/α,β-unsaturated/α-hetero) is 1. The molecule has 1 rings (SSSR count). The van der Waals surface area contributed by atoms with Crippen molar-refractivity contribution in [2.24, 2.45) is 17.3 Å². The minimum Gasteiger partial charge on any atom is -0.481 e. The van der Waals surface area contributed by atoms with Crippen molar-refractivity contribution in [2.45, 2.75) is 124 Å². The van der Waals surface area contributed by atoms with Gasteiger partial charge >= 0.3 is 18.0 Å². The lowest BCUT2D eigenvalue weighted by Gasteiger charge is -2.32. The Labute approximate surface area is 265 Å². The number of likely N-dealkylation sites (tertiary alicyclic amines) is 1. The van der Waals surface area contributed by atoms with Crippen LogP contribution >= 0.6 is 0 Å². The fraction of sp³-hybridized carbons (Fsp3) is 0.774. The van der Waals surface area contributed by atoms with Crippen LogP contribution in [0, 0.1) is 17.3 Å². The van der Waals surface area contributed by atoms with E-state index < -0.39 is 77.9 Å². The van der Waals surface area contributed by atoms with Crippen LogP contribution in [0.3, 0.4) is 0 Å². The number of aliphatic carboxylic acids is 2. The van der Waals surface area contributed by atoms with Crippen molar-refractivity contribution in [3.05, 3.63) is 0 Å². The summed E-state index contributed by atoms with van der Waals surface area (Å²) in [7, 11) is 0. The van der Waals surface area contributed by atoms with Gasteiger partial charge in [-0.15, -0.1) is 0 Å². The molecule has 1 saturated heterocycles. The highest BCUT2D eigenvalue weighted by Gasteiger charge is 2.38. The lowest BCUT2D eigenvalue weighted by Crippen LogP contribution is -2.55. The Kier molecular flexibility index (Phi) is 16.0. The zero-order valence-electron chi connectivity index (χ0n) is 27.7. The average Bonchev–Trinajstić information content (AvgIpc) is 3.47. The Morgan fingerprint density at radius 1 is 0.756 bits per heavy atom. The molecule has 0 aliphatic carbocycles. The number of carbonyl (C=O) groups is 7. The van der Waals surface area contributed by atoms with Gasteiger partial charge in [0.05, 0.1) is 18.4 Å². The van der Waals surface area contributed by atoms with E-state index in [1.165, 1.54) is 0 Å². The predicted octanol–water partition coefficient (Wildman–Crippen LogP) is 2.05. The molecule has 0 bridgehead atoms. The zero-order chi connectivity index (χ0) is 34.5. The molecule has 14 nitrogen and oxygen atoms in total. The van der Waals surface area contributed by atoms with E-state index in [9.17, 15) is 43.8 Å². The van der Waals surface area contributed by atoms with Gasteiger partial charge in [0, 0.05) is 32.0 Å². The first-order chi connectivity index (χ1) is 20.9. The monoisotopic (exact) mass is 639 g/mol. The van der Waals surface area contributed by atoms with E-state index in [-0.39, 0.29) is 30.7 Å². The minimum absolute atomic E-state index is 0.0717. The highest BCUT2D eigenvalue weighted by atomic mass is 16.4. The smallest absolute Gasteiger partial charge is 0.326 e. The topological polar surface area (TPSA) is 211 Å². The first kappa shape index (κ1) is 39.3. The maximum atomic E-state index is 13.7. The standard InChI is InChI=1S/C31H53N5O9/c1-8-20(9-2)32-30(45)35-26(31(5,6)7)23(37)15-19(16-24(38)36-12-10-11-13-36)27(41)33-21(17-25(39)40)28(42)34-22(29(43)44)14-18(3)4/h18-22,26H,8-17H2,1-7H3,(H,33,41)(H,34,42)(H,39,40)(H,43,44)(H2,32,35,45)/t19-,21-,22-,26+/m0/s1.